The first-order chi connectivity index (χ1) is 14.7. The third kappa shape index (κ3) is 6.15. The van der Waals surface area contributed by atoms with E-state index in [1.807, 2.05) is 12.1 Å². The summed E-state index contributed by atoms with van der Waals surface area (Å²) in [4.78, 5) is 11.2. The SMILES string of the molecule is CC(C)c1ccc2c(c1)C(NC[C@H](O)[C@H](Cc1cc(F)cc(F)c1)NC(=O)O)CCO2. The topological polar surface area (TPSA) is 90.8 Å². The van der Waals surface area contributed by atoms with Gasteiger partial charge in [-0.2, -0.15) is 0 Å². The zero-order valence-corrected chi connectivity index (χ0v) is 17.6. The van der Waals surface area contributed by atoms with Crippen molar-refractivity contribution in [3.8, 4) is 5.75 Å². The lowest BCUT2D eigenvalue weighted by molar-refractivity contribution is 0.112. The first-order valence-electron chi connectivity index (χ1n) is 10.4. The first kappa shape index (κ1) is 23.0. The summed E-state index contributed by atoms with van der Waals surface area (Å²) in [5, 5.41) is 25.4. The zero-order valence-electron chi connectivity index (χ0n) is 17.6. The molecule has 0 saturated carbocycles. The van der Waals surface area contributed by atoms with Crippen LogP contribution >= 0.6 is 0 Å². The Morgan fingerprint density at radius 2 is 1.90 bits per heavy atom. The van der Waals surface area contributed by atoms with Crippen LogP contribution in [0.25, 0.3) is 0 Å². The van der Waals surface area contributed by atoms with Crippen molar-refractivity contribution in [3.63, 3.8) is 0 Å². The predicted octanol–water partition coefficient (Wildman–Crippen LogP) is 3.74. The summed E-state index contributed by atoms with van der Waals surface area (Å²) in [6.07, 6.45) is -1.78. The van der Waals surface area contributed by atoms with Crippen LogP contribution in [0, 0.1) is 11.6 Å². The number of halogens is 2. The van der Waals surface area contributed by atoms with Crippen LogP contribution in [0.1, 0.15) is 48.9 Å². The van der Waals surface area contributed by atoms with Crippen molar-refractivity contribution >= 4 is 6.09 Å². The van der Waals surface area contributed by atoms with E-state index in [4.69, 9.17) is 9.84 Å². The molecular formula is C23H28F2N2O4. The molecular weight excluding hydrogens is 406 g/mol. The van der Waals surface area contributed by atoms with E-state index in [2.05, 4.69) is 30.5 Å². The number of ether oxygens (including phenoxy) is 1. The highest BCUT2D eigenvalue weighted by Crippen LogP contribution is 2.34. The molecule has 0 spiro atoms. The zero-order chi connectivity index (χ0) is 22.5. The highest BCUT2D eigenvalue weighted by molar-refractivity contribution is 5.65. The standard InChI is InChI=1S/C23H28F2N2O4/c1-13(2)15-3-4-22-18(10-15)19(5-6-31-22)26-12-21(28)20(27-23(29)30)9-14-7-16(24)11-17(25)8-14/h3-4,7-8,10-11,13,19-21,26-28H,5-6,9,12H2,1-2H3,(H,29,30)/t19?,20-,21-/m0/s1. The second kappa shape index (κ2) is 10.1. The average Bonchev–Trinajstić information content (AvgIpc) is 2.70. The molecule has 8 heteroatoms. The molecule has 1 unspecified atom stereocenters. The van der Waals surface area contributed by atoms with Gasteiger partial charge in [0.25, 0.3) is 0 Å². The van der Waals surface area contributed by atoms with Gasteiger partial charge in [0.05, 0.1) is 18.8 Å². The van der Waals surface area contributed by atoms with E-state index < -0.39 is 29.9 Å². The van der Waals surface area contributed by atoms with Crippen molar-refractivity contribution in [2.45, 2.75) is 50.8 Å². The Labute approximate surface area is 180 Å². The van der Waals surface area contributed by atoms with Gasteiger partial charge < -0.3 is 25.6 Å². The van der Waals surface area contributed by atoms with Gasteiger partial charge in [0.1, 0.15) is 17.4 Å². The van der Waals surface area contributed by atoms with Gasteiger partial charge in [-0.05, 0) is 41.7 Å². The predicted molar refractivity (Wildman–Crippen MR) is 112 cm³/mol. The van der Waals surface area contributed by atoms with Gasteiger partial charge in [-0.3, -0.25) is 0 Å². The summed E-state index contributed by atoms with van der Waals surface area (Å²) in [6.45, 7) is 4.84. The third-order valence-corrected chi connectivity index (χ3v) is 5.46. The molecule has 0 aromatic heterocycles. The fraction of sp³-hybridized carbons (Fsp3) is 0.435. The third-order valence-electron chi connectivity index (χ3n) is 5.46. The number of aliphatic hydroxyl groups excluding tert-OH is 1. The van der Waals surface area contributed by atoms with E-state index in [1.54, 1.807) is 0 Å². The Morgan fingerprint density at radius 1 is 1.19 bits per heavy atom. The minimum absolute atomic E-state index is 0.0499. The number of hydrogen-bond acceptors (Lipinski definition) is 4. The van der Waals surface area contributed by atoms with Crippen LogP contribution in [-0.2, 0) is 6.42 Å². The Bertz CT molecular complexity index is 902. The van der Waals surface area contributed by atoms with Gasteiger partial charge in [0.15, 0.2) is 0 Å². The molecule has 0 bridgehead atoms. The molecule has 2 aromatic rings. The Kier molecular flexibility index (Phi) is 7.46. The van der Waals surface area contributed by atoms with Crippen LogP contribution in [0.4, 0.5) is 13.6 Å². The van der Waals surface area contributed by atoms with E-state index in [0.29, 0.717) is 18.9 Å². The quantitative estimate of drug-likeness (QED) is 0.508. The van der Waals surface area contributed by atoms with Gasteiger partial charge >= 0.3 is 6.09 Å². The first-order valence-corrected chi connectivity index (χ1v) is 10.4. The molecule has 168 valence electrons. The lowest BCUT2D eigenvalue weighted by Crippen LogP contribution is -2.49. The number of hydrogen-bond donors (Lipinski definition) is 4. The molecule has 6 nitrogen and oxygen atoms in total. The fourth-order valence-electron chi connectivity index (χ4n) is 3.81. The molecule has 0 saturated heterocycles. The number of fused-ring (bicyclic) bond motifs is 1. The second-order valence-electron chi connectivity index (χ2n) is 8.16. The molecule has 1 amide bonds. The summed E-state index contributed by atoms with van der Waals surface area (Å²) < 4.78 is 32.7. The number of benzene rings is 2. The van der Waals surface area contributed by atoms with Crippen molar-refractivity contribution in [1.29, 1.82) is 0 Å². The van der Waals surface area contributed by atoms with Gasteiger partial charge in [0, 0.05) is 30.6 Å². The van der Waals surface area contributed by atoms with Crippen LogP contribution in [0.15, 0.2) is 36.4 Å². The minimum atomic E-state index is -1.32. The average molecular weight is 434 g/mol. The molecule has 0 aliphatic carbocycles. The van der Waals surface area contributed by atoms with Gasteiger partial charge in [0.2, 0.25) is 0 Å². The summed E-state index contributed by atoms with van der Waals surface area (Å²) >= 11 is 0. The van der Waals surface area contributed by atoms with Crippen molar-refractivity contribution in [1.82, 2.24) is 10.6 Å². The monoisotopic (exact) mass is 434 g/mol. The molecule has 1 aliphatic rings. The maximum absolute atomic E-state index is 13.5. The number of amides is 1. The smallest absolute Gasteiger partial charge is 0.404 e. The molecule has 4 N–H and O–H groups in total. The molecule has 1 heterocycles. The largest absolute Gasteiger partial charge is 0.493 e. The van der Waals surface area contributed by atoms with Gasteiger partial charge in [-0.25, -0.2) is 13.6 Å². The van der Waals surface area contributed by atoms with Crippen LogP contribution in [0.2, 0.25) is 0 Å². The fourth-order valence-corrected chi connectivity index (χ4v) is 3.81. The normalized spacial score (nSPS) is 17.5. The number of carboxylic acid groups (broad SMARTS) is 1. The molecule has 3 atom stereocenters. The lowest BCUT2D eigenvalue weighted by atomic mass is 9.94. The number of nitrogens with one attached hydrogen (secondary N) is 2. The van der Waals surface area contributed by atoms with E-state index in [-0.39, 0.29) is 24.6 Å². The van der Waals surface area contributed by atoms with E-state index in [9.17, 15) is 18.7 Å². The maximum Gasteiger partial charge on any atom is 0.404 e. The second-order valence-corrected chi connectivity index (χ2v) is 8.16. The molecule has 3 rings (SSSR count). The minimum Gasteiger partial charge on any atom is -0.493 e. The molecule has 1 aliphatic heterocycles. The highest BCUT2D eigenvalue weighted by atomic mass is 19.1. The van der Waals surface area contributed by atoms with Crippen LogP contribution in [-0.4, -0.2) is 41.6 Å². The number of aliphatic hydroxyl groups is 1. The molecule has 0 fully saturated rings. The van der Waals surface area contributed by atoms with Crippen molar-refractivity contribution in [3.05, 3.63) is 64.7 Å². The van der Waals surface area contributed by atoms with Crippen LogP contribution in [0.5, 0.6) is 5.75 Å². The molecule has 2 aromatic carbocycles. The van der Waals surface area contributed by atoms with E-state index in [0.717, 1.165) is 29.5 Å². The van der Waals surface area contributed by atoms with Crippen LogP contribution in [0.3, 0.4) is 0 Å². The summed E-state index contributed by atoms with van der Waals surface area (Å²) in [5.41, 5.74) is 2.43. The summed E-state index contributed by atoms with van der Waals surface area (Å²) in [7, 11) is 0. The lowest BCUT2D eigenvalue weighted by Gasteiger charge is -2.30. The molecule has 0 radical (unpaired) electrons. The Balaban J connectivity index is 1.70. The van der Waals surface area contributed by atoms with Crippen molar-refractivity contribution < 1.29 is 28.5 Å². The van der Waals surface area contributed by atoms with Crippen LogP contribution < -0.4 is 15.4 Å². The molecule has 31 heavy (non-hydrogen) atoms. The summed E-state index contributed by atoms with van der Waals surface area (Å²) in [6, 6.07) is 8.07. The number of carbonyl (C=O) groups is 1. The Hall–Kier alpha value is -2.71. The van der Waals surface area contributed by atoms with Crippen molar-refractivity contribution in [2.24, 2.45) is 0 Å². The van der Waals surface area contributed by atoms with Gasteiger partial charge in [-0.1, -0.05) is 26.0 Å². The van der Waals surface area contributed by atoms with Gasteiger partial charge in [-0.15, -0.1) is 0 Å². The Morgan fingerprint density at radius 3 is 2.55 bits per heavy atom. The van der Waals surface area contributed by atoms with Crippen molar-refractivity contribution in [2.75, 3.05) is 13.2 Å². The van der Waals surface area contributed by atoms with E-state index in [1.165, 1.54) is 5.56 Å². The number of rotatable bonds is 8. The maximum atomic E-state index is 13.5. The summed E-state index contributed by atoms with van der Waals surface area (Å²) in [5.74, 6) is -0.361. The van der Waals surface area contributed by atoms with E-state index >= 15 is 0 Å². The highest BCUT2D eigenvalue weighted by Gasteiger charge is 2.26.